The van der Waals surface area contributed by atoms with Crippen LogP contribution in [0.3, 0.4) is 0 Å². The molecule has 0 radical (unpaired) electrons. The van der Waals surface area contributed by atoms with Gasteiger partial charge in [0.15, 0.2) is 5.78 Å². The molecule has 0 aliphatic rings. The Hall–Kier alpha value is -1.39. The first kappa shape index (κ1) is 20.6. The molecule has 0 heterocycles. The van der Waals surface area contributed by atoms with Crippen LogP contribution in [0.4, 0.5) is 0 Å². The highest BCUT2D eigenvalue weighted by molar-refractivity contribution is 5.90. The molecule has 0 aromatic carbocycles. The van der Waals surface area contributed by atoms with Crippen molar-refractivity contribution in [3.8, 4) is 0 Å². The summed E-state index contributed by atoms with van der Waals surface area (Å²) in [7, 11) is 3.28. The summed E-state index contributed by atoms with van der Waals surface area (Å²) >= 11 is 0. The van der Waals surface area contributed by atoms with Crippen molar-refractivity contribution in [1.29, 1.82) is 0 Å². The van der Waals surface area contributed by atoms with Gasteiger partial charge in [-0.05, 0) is 25.2 Å². The van der Waals surface area contributed by atoms with E-state index in [1.807, 2.05) is 34.6 Å². The normalized spacial score (nSPS) is 13.9. The summed E-state index contributed by atoms with van der Waals surface area (Å²) in [6, 6.07) is -0.418. The summed E-state index contributed by atoms with van der Waals surface area (Å²) in [5.74, 6) is 0.169. The monoisotopic (exact) mass is 312 g/mol. The molecule has 0 aliphatic carbocycles. The Morgan fingerprint density at radius 3 is 1.82 bits per heavy atom. The van der Waals surface area contributed by atoms with Crippen molar-refractivity contribution in [2.45, 2.75) is 54.0 Å². The predicted octanol–water partition coefficient (Wildman–Crippen LogP) is 2.20. The molecule has 0 fully saturated rings. The molecule has 128 valence electrons. The first-order chi connectivity index (χ1) is 9.98. The maximum absolute atomic E-state index is 12.4. The van der Waals surface area contributed by atoms with Gasteiger partial charge in [-0.3, -0.25) is 14.4 Å². The van der Waals surface area contributed by atoms with E-state index >= 15 is 0 Å². The van der Waals surface area contributed by atoms with Crippen LogP contribution in [-0.4, -0.2) is 54.1 Å². The molecule has 0 aromatic rings. The molecule has 0 bridgehead atoms. The molecule has 2 amide bonds. The zero-order valence-corrected chi connectivity index (χ0v) is 15.3. The predicted molar refractivity (Wildman–Crippen MR) is 88.3 cm³/mol. The summed E-state index contributed by atoms with van der Waals surface area (Å²) in [4.78, 5) is 39.3. The molecular weight excluding hydrogens is 280 g/mol. The third-order valence-electron chi connectivity index (χ3n) is 4.16. The minimum atomic E-state index is -0.418. The van der Waals surface area contributed by atoms with Crippen LogP contribution in [0.15, 0.2) is 0 Å². The molecule has 0 rings (SSSR count). The molecule has 0 spiro atoms. The first-order valence-corrected chi connectivity index (χ1v) is 8.00. The Bertz CT molecular complexity index is 405. The standard InChI is InChI=1S/C17H32N2O3/c1-11(2)9-15(14(6)20)19(8)16(21)10-18(7)17(22)13(5)12(3)4/h11-13,15H,9-10H2,1-8H3/t13-,15-/m0/s1. The second-order valence-electron chi connectivity index (χ2n) is 6.99. The van der Waals surface area contributed by atoms with E-state index in [-0.39, 0.29) is 36.0 Å². The van der Waals surface area contributed by atoms with Crippen molar-refractivity contribution in [2.75, 3.05) is 20.6 Å². The lowest BCUT2D eigenvalue weighted by Crippen LogP contribution is -2.48. The number of rotatable bonds is 8. The van der Waals surface area contributed by atoms with Crippen LogP contribution in [-0.2, 0) is 14.4 Å². The van der Waals surface area contributed by atoms with Crippen LogP contribution in [0, 0.1) is 17.8 Å². The van der Waals surface area contributed by atoms with Gasteiger partial charge in [-0.2, -0.15) is 0 Å². The minimum absolute atomic E-state index is 0.00820. The summed E-state index contributed by atoms with van der Waals surface area (Å²) in [5.41, 5.74) is 0. The molecule has 5 heteroatoms. The maximum atomic E-state index is 12.4. The third kappa shape index (κ3) is 6.16. The van der Waals surface area contributed by atoms with E-state index in [0.717, 1.165) is 0 Å². The van der Waals surface area contributed by atoms with Gasteiger partial charge in [0, 0.05) is 20.0 Å². The van der Waals surface area contributed by atoms with Crippen LogP contribution in [0.25, 0.3) is 0 Å². The second-order valence-corrected chi connectivity index (χ2v) is 6.99. The average Bonchev–Trinajstić information content (AvgIpc) is 2.41. The molecule has 5 nitrogen and oxygen atoms in total. The molecule has 0 N–H and O–H groups in total. The Labute approximate surface area is 135 Å². The Morgan fingerprint density at radius 2 is 1.45 bits per heavy atom. The summed E-state index contributed by atoms with van der Waals surface area (Å²) in [5, 5.41) is 0. The van der Waals surface area contributed by atoms with Gasteiger partial charge in [-0.1, -0.05) is 34.6 Å². The van der Waals surface area contributed by atoms with Crippen molar-refractivity contribution in [3.63, 3.8) is 0 Å². The van der Waals surface area contributed by atoms with Crippen molar-refractivity contribution in [3.05, 3.63) is 0 Å². The Kier molecular flexibility index (Phi) is 8.35. The van der Waals surface area contributed by atoms with Gasteiger partial charge >= 0.3 is 0 Å². The highest BCUT2D eigenvalue weighted by atomic mass is 16.2. The number of hydrogen-bond acceptors (Lipinski definition) is 3. The fourth-order valence-electron chi connectivity index (χ4n) is 2.24. The lowest BCUT2D eigenvalue weighted by atomic mass is 9.96. The van der Waals surface area contributed by atoms with Crippen molar-refractivity contribution >= 4 is 17.6 Å². The van der Waals surface area contributed by atoms with E-state index in [1.54, 1.807) is 14.1 Å². The van der Waals surface area contributed by atoms with Gasteiger partial charge < -0.3 is 9.80 Å². The Balaban J connectivity index is 4.81. The molecule has 2 atom stereocenters. The third-order valence-corrected chi connectivity index (χ3v) is 4.16. The van der Waals surface area contributed by atoms with Gasteiger partial charge in [0.05, 0.1) is 12.6 Å². The molecule has 22 heavy (non-hydrogen) atoms. The highest BCUT2D eigenvalue weighted by Crippen LogP contribution is 2.14. The number of nitrogens with zero attached hydrogens (tertiary/aromatic N) is 2. The fourth-order valence-corrected chi connectivity index (χ4v) is 2.24. The average molecular weight is 312 g/mol. The van der Waals surface area contributed by atoms with E-state index in [9.17, 15) is 14.4 Å². The van der Waals surface area contributed by atoms with Crippen molar-refractivity contribution in [2.24, 2.45) is 17.8 Å². The number of amides is 2. The molecule has 0 unspecified atom stereocenters. The van der Waals surface area contributed by atoms with Gasteiger partial charge in [-0.15, -0.1) is 0 Å². The lowest BCUT2D eigenvalue weighted by Gasteiger charge is -2.30. The topological polar surface area (TPSA) is 57.7 Å². The highest BCUT2D eigenvalue weighted by Gasteiger charge is 2.27. The van der Waals surface area contributed by atoms with E-state index in [2.05, 4.69) is 0 Å². The molecule has 0 aromatic heterocycles. The SMILES string of the molecule is CC(=O)[C@H](CC(C)C)N(C)C(=O)CN(C)C(=O)[C@@H](C)C(C)C. The van der Waals surface area contributed by atoms with Gasteiger partial charge in [0.2, 0.25) is 11.8 Å². The molecular formula is C17H32N2O3. The zero-order chi connectivity index (χ0) is 17.6. The summed E-state index contributed by atoms with van der Waals surface area (Å²) in [6.07, 6.45) is 0.637. The van der Waals surface area contributed by atoms with Crippen LogP contribution in [0.2, 0.25) is 0 Å². The number of carbonyl (C=O) groups is 3. The first-order valence-electron chi connectivity index (χ1n) is 8.00. The largest absolute Gasteiger partial charge is 0.336 e. The van der Waals surface area contributed by atoms with E-state index in [4.69, 9.17) is 0 Å². The van der Waals surface area contributed by atoms with Gasteiger partial charge in [0.25, 0.3) is 0 Å². The summed E-state index contributed by atoms with van der Waals surface area (Å²) < 4.78 is 0. The van der Waals surface area contributed by atoms with Gasteiger partial charge in [0.1, 0.15) is 0 Å². The van der Waals surface area contributed by atoms with Gasteiger partial charge in [-0.25, -0.2) is 0 Å². The fraction of sp³-hybridized carbons (Fsp3) is 0.824. The number of Topliss-reactive ketones (excluding diaryl/α,β-unsaturated/α-hetero) is 1. The smallest absolute Gasteiger partial charge is 0.242 e. The maximum Gasteiger partial charge on any atom is 0.242 e. The number of hydrogen-bond donors (Lipinski definition) is 0. The van der Waals surface area contributed by atoms with Crippen molar-refractivity contribution < 1.29 is 14.4 Å². The van der Waals surface area contributed by atoms with Crippen LogP contribution < -0.4 is 0 Å². The molecule has 0 aliphatic heterocycles. The number of likely N-dealkylation sites (N-methyl/N-ethyl adjacent to an activating group) is 2. The van der Waals surface area contributed by atoms with Crippen LogP contribution >= 0.6 is 0 Å². The van der Waals surface area contributed by atoms with E-state index < -0.39 is 6.04 Å². The number of ketones is 1. The molecule has 0 saturated heterocycles. The van der Waals surface area contributed by atoms with Crippen LogP contribution in [0.5, 0.6) is 0 Å². The quantitative estimate of drug-likeness (QED) is 0.690. The van der Waals surface area contributed by atoms with E-state index in [1.165, 1.54) is 16.7 Å². The van der Waals surface area contributed by atoms with Crippen molar-refractivity contribution in [1.82, 2.24) is 9.80 Å². The van der Waals surface area contributed by atoms with Crippen LogP contribution in [0.1, 0.15) is 48.0 Å². The lowest BCUT2D eigenvalue weighted by molar-refractivity contribution is -0.144. The second kappa shape index (κ2) is 8.91. The zero-order valence-electron chi connectivity index (χ0n) is 15.3. The molecule has 0 saturated carbocycles. The summed E-state index contributed by atoms with van der Waals surface area (Å²) in [6.45, 7) is 11.4. The Morgan fingerprint density at radius 1 is 0.955 bits per heavy atom. The number of carbonyl (C=O) groups excluding carboxylic acids is 3. The van der Waals surface area contributed by atoms with E-state index in [0.29, 0.717) is 12.3 Å². The minimum Gasteiger partial charge on any atom is -0.336 e.